The van der Waals surface area contributed by atoms with Gasteiger partial charge in [0.05, 0.1) is 13.2 Å². The maximum atomic E-state index is 13.1. The molecule has 0 aliphatic rings. The quantitative estimate of drug-likeness (QED) is 0.463. The normalized spacial score (nSPS) is 10.8. The molecule has 0 unspecified atom stereocenters. The molecule has 0 bridgehead atoms. The van der Waals surface area contributed by atoms with Crippen LogP contribution >= 0.6 is 0 Å². The second-order valence-electron chi connectivity index (χ2n) is 3.02. The molecule has 1 rings (SSSR count). The van der Waals surface area contributed by atoms with E-state index in [1.54, 1.807) is 0 Å². The molecule has 1 N–H and O–H groups in total. The zero-order chi connectivity index (χ0) is 12.0. The van der Waals surface area contributed by atoms with E-state index in [4.69, 9.17) is 9.57 Å². The molecule has 90 valence electrons. The molecule has 3 nitrogen and oxygen atoms in total. The van der Waals surface area contributed by atoms with Crippen molar-refractivity contribution >= 4 is 0 Å². The third-order valence-electron chi connectivity index (χ3n) is 1.84. The molecule has 0 aromatic heterocycles. The summed E-state index contributed by atoms with van der Waals surface area (Å²) in [5.74, 6) is -3.11. The summed E-state index contributed by atoms with van der Waals surface area (Å²) in [5.41, 5.74) is 2.41. The molecule has 16 heavy (non-hydrogen) atoms. The van der Waals surface area contributed by atoms with E-state index < -0.39 is 17.5 Å². The van der Waals surface area contributed by atoms with Crippen molar-refractivity contribution in [3.8, 4) is 0 Å². The van der Waals surface area contributed by atoms with Crippen LogP contribution in [0.3, 0.4) is 0 Å². The highest BCUT2D eigenvalue weighted by Gasteiger charge is 2.09. The van der Waals surface area contributed by atoms with Gasteiger partial charge in [-0.05, 0) is 6.07 Å². The third kappa shape index (κ3) is 3.80. The number of benzene rings is 1. The molecule has 0 atom stereocenters. The van der Waals surface area contributed by atoms with Crippen molar-refractivity contribution < 1.29 is 22.7 Å². The van der Waals surface area contributed by atoms with Gasteiger partial charge in [0.2, 0.25) is 0 Å². The van der Waals surface area contributed by atoms with Gasteiger partial charge in [0.25, 0.3) is 0 Å². The Morgan fingerprint density at radius 1 is 1.06 bits per heavy atom. The smallest absolute Gasteiger partial charge is 0.161 e. The Morgan fingerprint density at radius 3 is 2.44 bits per heavy atom. The second-order valence-corrected chi connectivity index (χ2v) is 3.02. The van der Waals surface area contributed by atoms with E-state index in [0.717, 1.165) is 6.07 Å². The molecule has 1 aromatic carbocycles. The van der Waals surface area contributed by atoms with Crippen LogP contribution in [-0.4, -0.2) is 20.3 Å². The van der Waals surface area contributed by atoms with Gasteiger partial charge in [-0.3, -0.25) is 4.84 Å². The minimum absolute atomic E-state index is 0.00341. The van der Waals surface area contributed by atoms with Gasteiger partial charge in [0.15, 0.2) is 11.6 Å². The predicted octanol–water partition coefficient (Wildman–Crippen LogP) is 1.77. The fourth-order valence-electron chi connectivity index (χ4n) is 1.03. The number of methoxy groups -OCH3 is 1. The van der Waals surface area contributed by atoms with Crippen LogP contribution in [0.15, 0.2) is 12.1 Å². The van der Waals surface area contributed by atoms with E-state index in [1.807, 2.05) is 0 Å². The van der Waals surface area contributed by atoms with E-state index in [-0.39, 0.29) is 18.7 Å². The lowest BCUT2D eigenvalue weighted by Gasteiger charge is -2.06. The van der Waals surface area contributed by atoms with Crippen molar-refractivity contribution in [1.82, 2.24) is 5.48 Å². The number of nitrogens with one attached hydrogen (secondary N) is 1. The van der Waals surface area contributed by atoms with Gasteiger partial charge in [0, 0.05) is 25.3 Å². The van der Waals surface area contributed by atoms with E-state index in [1.165, 1.54) is 7.11 Å². The molecule has 0 radical (unpaired) electrons. The minimum atomic E-state index is -1.21. The first-order valence-corrected chi connectivity index (χ1v) is 4.62. The van der Waals surface area contributed by atoms with Crippen LogP contribution in [0.25, 0.3) is 0 Å². The minimum Gasteiger partial charge on any atom is -0.382 e. The molecule has 0 fully saturated rings. The first-order chi connectivity index (χ1) is 7.65. The summed E-state index contributed by atoms with van der Waals surface area (Å²) in [6.07, 6.45) is 0. The number of hydrogen-bond acceptors (Lipinski definition) is 3. The molecule has 0 heterocycles. The van der Waals surface area contributed by atoms with Gasteiger partial charge in [0.1, 0.15) is 5.82 Å². The zero-order valence-corrected chi connectivity index (χ0v) is 8.73. The van der Waals surface area contributed by atoms with Crippen LogP contribution in [0, 0.1) is 17.5 Å². The maximum absolute atomic E-state index is 13.1. The molecule has 1 aromatic rings. The molecule has 0 spiro atoms. The Labute approximate surface area is 91.1 Å². The second kappa shape index (κ2) is 6.47. The molecule has 0 aliphatic carbocycles. The molecular formula is C10H12F3NO2. The van der Waals surface area contributed by atoms with Crippen LogP contribution in [0.4, 0.5) is 13.2 Å². The van der Waals surface area contributed by atoms with Gasteiger partial charge < -0.3 is 4.74 Å². The Morgan fingerprint density at radius 2 is 1.75 bits per heavy atom. The van der Waals surface area contributed by atoms with Crippen molar-refractivity contribution in [3.63, 3.8) is 0 Å². The fourth-order valence-corrected chi connectivity index (χ4v) is 1.03. The van der Waals surface area contributed by atoms with Gasteiger partial charge >= 0.3 is 0 Å². The first-order valence-electron chi connectivity index (χ1n) is 4.62. The number of hydroxylamine groups is 1. The van der Waals surface area contributed by atoms with E-state index >= 15 is 0 Å². The van der Waals surface area contributed by atoms with E-state index in [0.29, 0.717) is 12.7 Å². The molecule has 0 saturated carbocycles. The van der Waals surface area contributed by atoms with Crippen LogP contribution < -0.4 is 5.48 Å². The lowest BCUT2D eigenvalue weighted by atomic mass is 10.2. The highest BCUT2D eigenvalue weighted by Crippen LogP contribution is 2.13. The SMILES string of the molecule is COCCONCc1cc(F)c(F)cc1F. The van der Waals surface area contributed by atoms with E-state index in [2.05, 4.69) is 5.48 Å². The first kappa shape index (κ1) is 13.0. The van der Waals surface area contributed by atoms with Crippen LogP contribution in [0.5, 0.6) is 0 Å². The fraction of sp³-hybridized carbons (Fsp3) is 0.400. The number of halogens is 3. The standard InChI is InChI=1S/C10H12F3NO2/c1-15-2-3-16-14-6-7-4-9(12)10(13)5-8(7)11/h4-5,14H,2-3,6H2,1H3. The highest BCUT2D eigenvalue weighted by molar-refractivity contribution is 5.19. The van der Waals surface area contributed by atoms with Crippen molar-refractivity contribution in [1.29, 1.82) is 0 Å². The van der Waals surface area contributed by atoms with Crippen LogP contribution in [0.1, 0.15) is 5.56 Å². The molecule has 0 amide bonds. The predicted molar refractivity (Wildman–Crippen MR) is 51.0 cm³/mol. The van der Waals surface area contributed by atoms with Gasteiger partial charge in [-0.1, -0.05) is 0 Å². The van der Waals surface area contributed by atoms with Crippen molar-refractivity contribution in [3.05, 3.63) is 35.1 Å². The average molecular weight is 235 g/mol. The monoisotopic (exact) mass is 235 g/mol. The number of hydrogen-bond donors (Lipinski definition) is 1. The molecular weight excluding hydrogens is 223 g/mol. The van der Waals surface area contributed by atoms with Gasteiger partial charge in [-0.25, -0.2) is 13.2 Å². The molecule has 0 aliphatic heterocycles. The Bertz CT molecular complexity index is 347. The Hall–Kier alpha value is -1.11. The Balaban J connectivity index is 2.45. The molecule has 6 heteroatoms. The molecule has 0 saturated heterocycles. The zero-order valence-electron chi connectivity index (χ0n) is 8.73. The summed E-state index contributed by atoms with van der Waals surface area (Å²) in [5, 5.41) is 0. The maximum Gasteiger partial charge on any atom is 0.161 e. The summed E-state index contributed by atoms with van der Waals surface area (Å²) in [7, 11) is 1.51. The summed E-state index contributed by atoms with van der Waals surface area (Å²) in [6.45, 7) is 0.613. The van der Waals surface area contributed by atoms with Crippen LogP contribution in [0.2, 0.25) is 0 Å². The number of rotatable bonds is 6. The third-order valence-corrected chi connectivity index (χ3v) is 1.84. The van der Waals surface area contributed by atoms with Gasteiger partial charge in [-0.2, -0.15) is 5.48 Å². The van der Waals surface area contributed by atoms with E-state index in [9.17, 15) is 13.2 Å². The van der Waals surface area contributed by atoms with Crippen molar-refractivity contribution in [2.75, 3.05) is 20.3 Å². The lowest BCUT2D eigenvalue weighted by molar-refractivity contribution is 0.00303. The Kier molecular flexibility index (Phi) is 5.24. The summed E-state index contributed by atoms with van der Waals surface area (Å²) < 4.78 is 43.1. The topological polar surface area (TPSA) is 30.5 Å². The highest BCUT2D eigenvalue weighted by atomic mass is 19.2. The van der Waals surface area contributed by atoms with Crippen molar-refractivity contribution in [2.24, 2.45) is 0 Å². The van der Waals surface area contributed by atoms with Crippen molar-refractivity contribution in [2.45, 2.75) is 6.54 Å². The van der Waals surface area contributed by atoms with Gasteiger partial charge in [-0.15, -0.1) is 0 Å². The lowest BCUT2D eigenvalue weighted by Crippen LogP contribution is -2.18. The van der Waals surface area contributed by atoms with Crippen LogP contribution in [-0.2, 0) is 16.1 Å². The summed E-state index contributed by atoms with van der Waals surface area (Å²) >= 11 is 0. The average Bonchev–Trinajstić information content (AvgIpc) is 2.25. The summed E-state index contributed by atoms with van der Waals surface area (Å²) in [6, 6.07) is 1.29. The summed E-state index contributed by atoms with van der Waals surface area (Å²) in [4.78, 5) is 4.85. The largest absolute Gasteiger partial charge is 0.382 e. The number of ether oxygens (including phenoxy) is 1.